The van der Waals surface area contributed by atoms with E-state index < -0.39 is 0 Å². The van der Waals surface area contributed by atoms with Gasteiger partial charge in [0.2, 0.25) is 5.91 Å². The number of benzene rings is 1. The minimum Gasteiger partial charge on any atom is -0.374 e. The zero-order valence-electron chi connectivity index (χ0n) is 13.1. The van der Waals surface area contributed by atoms with Crippen LogP contribution in [0.2, 0.25) is 0 Å². The fraction of sp³-hybridized carbons (Fsp3) is 0.312. The first-order chi connectivity index (χ1) is 11.0. The van der Waals surface area contributed by atoms with Crippen LogP contribution in [0.15, 0.2) is 45.8 Å². The van der Waals surface area contributed by atoms with Gasteiger partial charge in [0.15, 0.2) is 0 Å². The van der Waals surface area contributed by atoms with E-state index in [1.807, 2.05) is 37.3 Å². The number of halogens is 1. The topological polar surface area (TPSA) is 67.2 Å². The average molecular weight is 379 g/mol. The van der Waals surface area contributed by atoms with Gasteiger partial charge in [0, 0.05) is 20.1 Å². The molecule has 23 heavy (non-hydrogen) atoms. The van der Waals surface area contributed by atoms with E-state index in [1.54, 1.807) is 11.9 Å². The van der Waals surface area contributed by atoms with Crippen molar-refractivity contribution in [3.63, 3.8) is 0 Å². The number of likely N-dealkylation sites (N-methyl/N-ethyl adjacent to an activating group) is 1. The van der Waals surface area contributed by atoms with Gasteiger partial charge in [-0.25, -0.2) is 4.68 Å². The molecule has 1 N–H and O–H groups in total. The van der Waals surface area contributed by atoms with Crippen molar-refractivity contribution in [2.75, 3.05) is 18.4 Å². The predicted octanol–water partition coefficient (Wildman–Crippen LogP) is 2.00. The van der Waals surface area contributed by atoms with Crippen LogP contribution < -0.4 is 10.9 Å². The maximum atomic E-state index is 12.4. The third-order valence-corrected chi connectivity index (χ3v) is 4.23. The lowest BCUT2D eigenvalue weighted by molar-refractivity contribution is -0.129. The number of aromatic nitrogens is 2. The van der Waals surface area contributed by atoms with Crippen molar-refractivity contribution in [2.45, 2.75) is 13.5 Å². The van der Waals surface area contributed by atoms with Gasteiger partial charge in [-0.2, -0.15) is 5.10 Å². The van der Waals surface area contributed by atoms with Gasteiger partial charge in [0.05, 0.1) is 18.4 Å². The highest BCUT2D eigenvalue weighted by atomic mass is 79.9. The number of nitrogens with one attached hydrogen (secondary N) is 1. The molecule has 6 nitrogen and oxygen atoms in total. The molecule has 0 aliphatic carbocycles. The smallest absolute Gasteiger partial charge is 0.282 e. The first kappa shape index (κ1) is 17.2. The molecule has 0 atom stereocenters. The molecule has 0 aliphatic rings. The van der Waals surface area contributed by atoms with Crippen LogP contribution in [0.25, 0.3) is 0 Å². The summed E-state index contributed by atoms with van der Waals surface area (Å²) in [4.78, 5) is 25.9. The van der Waals surface area contributed by atoms with Crippen LogP contribution in [0.3, 0.4) is 0 Å². The minimum atomic E-state index is -0.251. The van der Waals surface area contributed by atoms with Gasteiger partial charge in [0.25, 0.3) is 5.56 Å². The maximum Gasteiger partial charge on any atom is 0.282 e. The zero-order chi connectivity index (χ0) is 16.8. The standard InChI is InChI=1S/C16H19BrN4O2/c1-3-21(11-12-7-5-4-6-8-12)14(22)10-18-13-9-19-20(2)16(23)15(13)17/h4-9,18H,3,10-11H2,1-2H3. The molecule has 0 fully saturated rings. The summed E-state index contributed by atoms with van der Waals surface area (Å²) in [5, 5.41) is 6.90. The Balaban J connectivity index is 2.00. The summed E-state index contributed by atoms with van der Waals surface area (Å²) >= 11 is 3.23. The third kappa shape index (κ3) is 4.41. The molecule has 0 saturated heterocycles. The monoisotopic (exact) mass is 378 g/mol. The Kier molecular flexibility index (Phi) is 5.92. The number of carbonyl (C=O) groups is 1. The molecule has 0 radical (unpaired) electrons. The number of carbonyl (C=O) groups excluding carboxylic acids is 1. The van der Waals surface area contributed by atoms with Crippen LogP contribution in [0.5, 0.6) is 0 Å². The Hall–Kier alpha value is -2.15. The fourth-order valence-electron chi connectivity index (χ4n) is 2.10. The van der Waals surface area contributed by atoms with Gasteiger partial charge >= 0.3 is 0 Å². The van der Waals surface area contributed by atoms with E-state index in [4.69, 9.17) is 0 Å². The molecule has 2 aromatic rings. The average Bonchev–Trinajstić information content (AvgIpc) is 2.57. The van der Waals surface area contributed by atoms with E-state index in [1.165, 1.54) is 10.9 Å². The van der Waals surface area contributed by atoms with Crippen molar-refractivity contribution in [3.8, 4) is 0 Å². The van der Waals surface area contributed by atoms with Crippen molar-refractivity contribution in [2.24, 2.45) is 7.05 Å². The molecule has 0 aliphatic heterocycles. The quantitative estimate of drug-likeness (QED) is 0.834. The summed E-state index contributed by atoms with van der Waals surface area (Å²) in [6, 6.07) is 9.84. The molecule has 1 amide bonds. The van der Waals surface area contributed by atoms with E-state index in [0.717, 1.165) is 5.56 Å². The lowest BCUT2D eigenvalue weighted by Gasteiger charge is -2.21. The Morgan fingerprint density at radius 2 is 2.04 bits per heavy atom. The maximum absolute atomic E-state index is 12.4. The largest absolute Gasteiger partial charge is 0.374 e. The van der Waals surface area contributed by atoms with Crippen molar-refractivity contribution in [3.05, 3.63) is 56.9 Å². The molecule has 1 aromatic heterocycles. The first-order valence-electron chi connectivity index (χ1n) is 7.30. The van der Waals surface area contributed by atoms with E-state index in [2.05, 4.69) is 26.3 Å². The lowest BCUT2D eigenvalue weighted by atomic mass is 10.2. The van der Waals surface area contributed by atoms with Gasteiger partial charge < -0.3 is 10.2 Å². The first-order valence-corrected chi connectivity index (χ1v) is 8.09. The molecule has 0 spiro atoms. The summed E-state index contributed by atoms with van der Waals surface area (Å²) in [6.07, 6.45) is 1.52. The molecular formula is C16H19BrN4O2. The van der Waals surface area contributed by atoms with Crippen LogP contribution in [-0.4, -0.2) is 33.7 Å². The number of nitrogens with zero attached hydrogens (tertiary/aromatic N) is 3. The number of hydrogen-bond donors (Lipinski definition) is 1. The van der Waals surface area contributed by atoms with Crippen molar-refractivity contribution < 1.29 is 4.79 Å². The number of hydrogen-bond acceptors (Lipinski definition) is 4. The Morgan fingerprint density at radius 3 is 2.70 bits per heavy atom. The van der Waals surface area contributed by atoms with Gasteiger partial charge in [-0.15, -0.1) is 0 Å². The summed E-state index contributed by atoms with van der Waals surface area (Å²) < 4.78 is 1.60. The minimum absolute atomic E-state index is 0.0380. The van der Waals surface area contributed by atoms with Crippen LogP contribution >= 0.6 is 15.9 Å². The third-order valence-electron chi connectivity index (χ3n) is 3.46. The summed E-state index contributed by atoms with van der Waals surface area (Å²) in [6.45, 7) is 3.23. The molecule has 1 aromatic carbocycles. The van der Waals surface area contributed by atoms with Crippen molar-refractivity contribution in [1.82, 2.24) is 14.7 Å². The molecule has 1 heterocycles. The highest BCUT2D eigenvalue weighted by Crippen LogP contribution is 2.15. The predicted molar refractivity (Wildman–Crippen MR) is 93.2 cm³/mol. The molecule has 7 heteroatoms. The second-order valence-electron chi connectivity index (χ2n) is 5.05. The molecule has 0 unspecified atom stereocenters. The lowest BCUT2D eigenvalue weighted by Crippen LogP contribution is -2.35. The summed E-state index contributed by atoms with van der Waals surface area (Å²) in [5.41, 5.74) is 1.34. The highest BCUT2D eigenvalue weighted by Gasteiger charge is 2.13. The van der Waals surface area contributed by atoms with Crippen LogP contribution in [-0.2, 0) is 18.4 Å². The van der Waals surface area contributed by atoms with Gasteiger partial charge in [-0.05, 0) is 28.4 Å². The van der Waals surface area contributed by atoms with Crippen LogP contribution in [0.1, 0.15) is 12.5 Å². The molecule has 2 rings (SSSR count). The van der Waals surface area contributed by atoms with E-state index >= 15 is 0 Å². The van der Waals surface area contributed by atoms with Crippen LogP contribution in [0.4, 0.5) is 5.69 Å². The number of aryl methyl sites for hydroxylation is 1. The number of amides is 1. The van der Waals surface area contributed by atoms with Gasteiger partial charge in [-0.3, -0.25) is 9.59 Å². The van der Waals surface area contributed by atoms with E-state index in [-0.39, 0.29) is 18.0 Å². The van der Waals surface area contributed by atoms with Crippen molar-refractivity contribution in [1.29, 1.82) is 0 Å². The second kappa shape index (κ2) is 7.92. The Morgan fingerprint density at radius 1 is 1.35 bits per heavy atom. The van der Waals surface area contributed by atoms with Gasteiger partial charge in [-0.1, -0.05) is 30.3 Å². The second-order valence-corrected chi connectivity index (χ2v) is 5.84. The molecule has 122 valence electrons. The highest BCUT2D eigenvalue weighted by molar-refractivity contribution is 9.10. The number of anilines is 1. The molecular weight excluding hydrogens is 360 g/mol. The normalized spacial score (nSPS) is 10.4. The molecule has 0 saturated carbocycles. The summed E-state index contributed by atoms with van der Waals surface area (Å²) in [5.74, 6) is -0.0380. The van der Waals surface area contributed by atoms with E-state index in [0.29, 0.717) is 23.2 Å². The summed E-state index contributed by atoms with van der Waals surface area (Å²) in [7, 11) is 1.57. The fourth-order valence-corrected chi connectivity index (χ4v) is 2.60. The van der Waals surface area contributed by atoms with Crippen LogP contribution in [0, 0.1) is 0 Å². The molecule has 0 bridgehead atoms. The number of rotatable bonds is 6. The Labute approximate surface area is 143 Å². The zero-order valence-corrected chi connectivity index (χ0v) is 14.7. The Bertz CT molecular complexity index is 731. The SMILES string of the molecule is CCN(Cc1ccccc1)C(=O)CNc1cnn(C)c(=O)c1Br. The van der Waals surface area contributed by atoms with E-state index in [9.17, 15) is 9.59 Å². The van der Waals surface area contributed by atoms with Crippen molar-refractivity contribution >= 4 is 27.5 Å². The van der Waals surface area contributed by atoms with Gasteiger partial charge in [0.1, 0.15) is 4.47 Å².